The van der Waals surface area contributed by atoms with E-state index in [1.165, 1.54) is 109 Å². The van der Waals surface area contributed by atoms with E-state index in [-0.39, 0.29) is 30.2 Å². The first-order valence-corrected chi connectivity index (χ1v) is 40.8. The number of urea groups is 5. The Hall–Kier alpha value is -5.65. The number of nitrogens with two attached hydrogens (primary N) is 1. The molecule has 0 radical (unpaired) electrons. The average Bonchev–Trinajstić information content (AvgIpc) is 1.87. The number of rotatable bonds is 18. The van der Waals surface area contributed by atoms with Gasteiger partial charge in [0.05, 0.1) is 20.3 Å². The molecule has 7 fully saturated rings. The Balaban J connectivity index is 0.000000271. The van der Waals surface area contributed by atoms with Crippen molar-refractivity contribution in [2.75, 3.05) is 48.5 Å². The van der Waals surface area contributed by atoms with Crippen molar-refractivity contribution in [1.82, 2.24) is 47.0 Å². The second-order valence-corrected chi connectivity index (χ2v) is 39.9. The summed E-state index contributed by atoms with van der Waals surface area (Å²) in [6.45, 7) is 44.3. The van der Waals surface area contributed by atoms with Crippen LogP contribution in [0.15, 0.2) is 48.5 Å². The van der Waals surface area contributed by atoms with E-state index in [0.29, 0.717) is 81.9 Å². The molecule has 18 heteroatoms. The van der Waals surface area contributed by atoms with Gasteiger partial charge in [0.2, 0.25) is 0 Å². The molecule has 1 heterocycles. The van der Waals surface area contributed by atoms with E-state index in [9.17, 15) is 24.0 Å². The van der Waals surface area contributed by atoms with Crippen molar-refractivity contribution >= 4 is 30.2 Å². The Morgan fingerprint density at radius 3 is 1.07 bits per heavy atom. The molecule has 105 heavy (non-hydrogen) atoms. The summed E-state index contributed by atoms with van der Waals surface area (Å²) in [7, 11) is 8.65. The predicted octanol–water partition coefficient (Wildman–Crippen LogP) is 19.6. The highest BCUT2D eigenvalue weighted by Crippen LogP contribution is 2.41. The SMILES string of the molecule is CC(C)(C)CC1CCC(NC(=O)N2CCC2)C1.CC(C)(C)CC1CCC(NC(N)=O)C1.CNC(=O)NC1CCC(CC(C)(C)C)C1.COC1CCC(CC(C)(C)C)C1.COc1ccc(CN(C)C(=O)NC2CCC(CC(C)(C)C)C2)cc1.COc1ccc(CNC(=O)NC2CCC(CC(C)(C)C)C2)cc1. The fraction of sp³-hybridized carbons (Fsp3) is 0.805. The summed E-state index contributed by atoms with van der Waals surface area (Å²) in [6, 6.07) is 17.1. The molecule has 2 aromatic carbocycles. The molecule has 1 saturated heterocycles. The van der Waals surface area contributed by atoms with E-state index in [4.69, 9.17) is 19.9 Å². The molecule has 12 atom stereocenters. The standard InChI is InChI=1S/C20H32N2O2.C19H30N2O2.C14H26N2O.C12H24N2O.C11H22N2O.C11H22O/c1-20(2,3)13-16-6-9-17(12-16)21-19(23)22(4)14-15-7-10-18(24-5)11-8-15;1-19(2,3)12-15-5-8-16(11-15)21-18(22)20-13-14-6-9-17(23-4)10-7-14;1-14(2,3)10-11-5-6-12(9-11)15-13(17)16-7-4-8-16;1-12(2,3)8-9-5-6-10(7-9)14-11(15)13-4;1-11(2,3)7-8-4-5-9(6-8)13-10(12)14;1-11(2,3)8-9-5-6-10(7-9)12-4/h7-8,10-11,16-17H,6,9,12-14H2,1-5H3,(H,21,23);6-7,9-10,15-16H,5,8,11-13H2,1-4H3,(H2,20,21,22);11-12H,4-10H2,1-3H3,(H,15,17);9-10H,5-8H2,1-4H3,(H2,13,14,15);8-9H,4-7H2,1-3H3,(H3,12,13,14);9-10H,5-8H2,1-4H3. The molecule has 12 unspecified atom stereocenters. The van der Waals surface area contributed by atoms with Crippen LogP contribution in [-0.4, -0.2) is 125 Å². The Morgan fingerprint density at radius 2 is 0.752 bits per heavy atom. The Bertz CT molecular complexity index is 2830. The molecular formula is C87H156N10O8. The van der Waals surface area contributed by atoms with Crippen LogP contribution in [0.5, 0.6) is 11.5 Å². The van der Waals surface area contributed by atoms with Crippen LogP contribution < -0.4 is 52.4 Å². The lowest BCUT2D eigenvalue weighted by molar-refractivity contribution is 0.103. The lowest BCUT2D eigenvalue weighted by Crippen LogP contribution is -2.50. The number of ether oxygens (including phenoxy) is 3. The van der Waals surface area contributed by atoms with Gasteiger partial charge in [0.1, 0.15) is 11.5 Å². The largest absolute Gasteiger partial charge is 0.497 e. The fourth-order valence-electron chi connectivity index (χ4n) is 17.3. The summed E-state index contributed by atoms with van der Waals surface area (Å²) in [4.78, 5) is 61.7. The number of carbonyl (C=O) groups excluding carboxylic acids is 5. The van der Waals surface area contributed by atoms with Crippen molar-refractivity contribution in [3.8, 4) is 11.5 Å². The third kappa shape index (κ3) is 40.9. The number of benzene rings is 2. The first kappa shape index (κ1) is 91.7. The van der Waals surface area contributed by atoms with E-state index in [1.54, 1.807) is 26.2 Å². The number of likely N-dealkylation sites (tertiary alicyclic amines) is 1. The molecule has 6 aliphatic carbocycles. The molecule has 0 bridgehead atoms. The second-order valence-electron chi connectivity index (χ2n) is 39.9. The predicted molar refractivity (Wildman–Crippen MR) is 435 cm³/mol. The maximum atomic E-state index is 12.4. The minimum absolute atomic E-state index is 0.0206. The first-order valence-electron chi connectivity index (χ1n) is 40.8. The van der Waals surface area contributed by atoms with Gasteiger partial charge in [0.15, 0.2) is 0 Å². The van der Waals surface area contributed by atoms with Crippen LogP contribution in [0.4, 0.5) is 24.0 Å². The van der Waals surface area contributed by atoms with E-state index < -0.39 is 0 Å². The van der Waals surface area contributed by atoms with Crippen LogP contribution in [0.3, 0.4) is 0 Å². The molecule has 0 aromatic heterocycles. The molecule has 9 N–H and O–H groups in total. The molecule has 1 aliphatic heterocycles. The summed E-state index contributed by atoms with van der Waals surface area (Å²) >= 11 is 0. The minimum Gasteiger partial charge on any atom is -0.497 e. The Kier molecular flexibility index (Phi) is 38.0. The summed E-state index contributed by atoms with van der Waals surface area (Å²) in [6.07, 6.45) is 30.7. The zero-order valence-electron chi connectivity index (χ0n) is 70.8. The van der Waals surface area contributed by atoms with Gasteiger partial charge in [0.25, 0.3) is 0 Å². The lowest BCUT2D eigenvalue weighted by atomic mass is 9.84. The van der Waals surface area contributed by atoms with Crippen molar-refractivity contribution in [3.63, 3.8) is 0 Å². The molecule has 7 aliphatic rings. The van der Waals surface area contributed by atoms with E-state index in [2.05, 4.69) is 162 Å². The number of hydrogen-bond donors (Lipinski definition) is 8. The number of hydrogen-bond acceptors (Lipinski definition) is 8. The number of methoxy groups -OCH3 is 3. The fourth-order valence-corrected chi connectivity index (χ4v) is 17.3. The van der Waals surface area contributed by atoms with Crippen molar-refractivity contribution < 1.29 is 38.2 Å². The van der Waals surface area contributed by atoms with E-state index >= 15 is 0 Å². The minimum atomic E-state index is -0.383. The van der Waals surface area contributed by atoms with Crippen LogP contribution in [0.1, 0.15) is 296 Å². The van der Waals surface area contributed by atoms with Gasteiger partial charge < -0.3 is 67.0 Å². The van der Waals surface area contributed by atoms with Gasteiger partial charge in [-0.3, -0.25) is 0 Å². The maximum absolute atomic E-state index is 12.4. The second kappa shape index (κ2) is 43.5. The highest BCUT2D eigenvalue weighted by Gasteiger charge is 2.35. The smallest absolute Gasteiger partial charge is 0.317 e. The van der Waals surface area contributed by atoms with Crippen molar-refractivity contribution in [3.05, 3.63) is 59.7 Å². The summed E-state index contributed by atoms with van der Waals surface area (Å²) in [5.74, 6) is 6.39. The van der Waals surface area contributed by atoms with E-state index in [1.807, 2.05) is 67.6 Å². The third-order valence-electron chi connectivity index (χ3n) is 21.5. The average molecular weight is 1470 g/mol. The molecule has 6 saturated carbocycles. The zero-order chi connectivity index (χ0) is 78.5. The first-order chi connectivity index (χ1) is 48.8. The van der Waals surface area contributed by atoms with Gasteiger partial charge in [0, 0.05) is 77.6 Å². The highest BCUT2D eigenvalue weighted by atomic mass is 16.5. The highest BCUT2D eigenvalue weighted by molar-refractivity contribution is 5.76. The van der Waals surface area contributed by atoms with Crippen molar-refractivity contribution in [2.24, 2.45) is 73.7 Å². The van der Waals surface area contributed by atoms with Gasteiger partial charge in [-0.2, -0.15) is 0 Å². The number of primary amides is 1. The van der Waals surface area contributed by atoms with Crippen LogP contribution in [0, 0.1) is 68.0 Å². The molecule has 9 rings (SSSR count). The number of nitrogens with one attached hydrogen (secondary N) is 7. The monoisotopic (exact) mass is 1470 g/mol. The summed E-state index contributed by atoms with van der Waals surface area (Å²) < 4.78 is 15.6. The summed E-state index contributed by atoms with van der Waals surface area (Å²) in [5, 5.41) is 20.8. The van der Waals surface area contributed by atoms with Crippen molar-refractivity contribution in [2.45, 2.75) is 335 Å². The topological polar surface area (TPSA) is 230 Å². The van der Waals surface area contributed by atoms with Gasteiger partial charge >= 0.3 is 30.2 Å². The molecule has 10 amide bonds. The normalized spacial score (nSPS) is 25.0. The molecule has 18 nitrogen and oxygen atoms in total. The molecule has 0 spiro atoms. The van der Waals surface area contributed by atoms with Crippen LogP contribution in [0.25, 0.3) is 0 Å². The molecule has 602 valence electrons. The summed E-state index contributed by atoms with van der Waals surface area (Å²) in [5.41, 5.74) is 9.72. The van der Waals surface area contributed by atoms with Gasteiger partial charge in [-0.05, 0) is 264 Å². The van der Waals surface area contributed by atoms with Crippen molar-refractivity contribution in [1.29, 1.82) is 0 Å². The Morgan fingerprint density at radius 1 is 0.429 bits per heavy atom. The lowest BCUT2D eigenvalue weighted by Gasteiger charge is -2.32. The van der Waals surface area contributed by atoms with Crippen LogP contribution >= 0.6 is 0 Å². The molecule has 2 aromatic rings. The Labute approximate surface area is 640 Å². The van der Waals surface area contributed by atoms with E-state index in [0.717, 1.165) is 123 Å². The number of carbonyl (C=O) groups is 5. The van der Waals surface area contributed by atoms with Crippen LogP contribution in [0.2, 0.25) is 0 Å². The molecular weight excluding hydrogens is 1310 g/mol. The van der Waals surface area contributed by atoms with Gasteiger partial charge in [-0.1, -0.05) is 149 Å². The zero-order valence-corrected chi connectivity index (χ0v) is 70.8. The number of amides is 10. The number of nitrogens with zero attached hydrogens (tertiary/aromatic N) is 2. The van der Waals surface area contributed by atoms with Gasteiger partial charge in [-0.15, -0.1) is 0 Å². The van der Waals surface area contributed by atoms with Crippen LogP contribution in [-0.2, 0) is 17.8 Å². The van der Waals surface area contributed by atoms with Gasteiger partial charge in [-0.25, -0.2) is 24.0 Å². The third-order valence-corrected chi connectivity index (χ3v) is 21.5. The maximum Gasteiger partial charge on any atom is 0.317 e. The quantitative estimate of drug-likeness (QED) is 0.0714.